The highest BCUT2D eigenvalue weighted by Gasteiger charge is 2.50. The number of rotatable bonds is 3. The fourth-order valence-electron chi connectivity index (χ4n) is 12.4. The Morgan fingerprint density at radius 2 is 0.700 bits per heavy atom. The van der Waals surface area contributed by atoms with E-state index in [1.54, 1.807) is 0 Å². The van der Waals surface area contributed by atoms with Crippen LogP contribution in [0.15, 0.2) is 146 Å². The molecule has 4 heterocycles. The van der Waals surface area contributed by atoms with E-state index in [0.717, 1.165) is 0 Å². The first-order chi connectivity index (χ1) is 29.3. The van der Waals surface area contributed by atoms with E-state index in [9.17, 15) is 0 Å². The van der Waals surface area contributed by atoms with E-state index in [4.69, 9.17) is 0 Å². The summed E-state index contributed by atoms with van der Waals surface area (Å²) in [5.41, 5.74) is 29.4. The van der Waals surface area contributed by atoms with Crippen molar-refractivity contribution in [3.8, 4) is 22.3 Å². The zero-order chi connectivity index (χ0) is 40.3. The molecule has 2 nitrogen and oxygen atoms in total. The number of aryl methyl sites for hydroxylation is 6. The van der Waals surface area contributed by atoms with Crippen LogP contribution in [-0.2, 0) is 0 Å². The molecule has 0 aromatic heterocycles. The predicted octanol–water partition coefficient (Wildman–Crippen LogP) is 10.4. The molecule has 4 aliphatic rings. The molecule has 0 unspecified atom stereocenters. The summed E-state index contributed by atoms with van der Waals surface area (Å²) in [6, 6.07) is 55.9. The van der Waals surface area contributed by atoms with Gasteiger partial charge in [-0.15, -0.1) is 0 Å². The highest BCUT2D eigenvalue weighted by atomic mass is 15.2. The summed E-state index contributed by atoms with van der Waals surface area (Å²) in [4.78, 5) is 5.27. The van der Waals surface area contributed by atoms with Crippen LogP contribution in [0.3, 0.4) is 0 Å². The van der Waals surface area contributed by atoms with Gasteiger partial charge < -0.3 is 9.80 Å². The van der Waals surface area contributed by atoms with Crippen molar-refractivity contribution in [3.05, 3.63) is 179 Å². The van der Waals surface area contributed by atoms with Crippen molar-refractivity contribution < 1.29 is 0 Å². The molecule has 9 aromatic carbocycles. The summed E-state index contributed by atoms with van der Waals surface area (Å²) in [5, 5.41) is 5.53. The quantitative estimate of drug-likeness (QED) is 0.131. The second-order valence-corrected chi connectivity index (χ2v) is 17.8. The molecule has 0 radical (unpaired) electrons. The van der Waals surface area contributed by atoms with Crippen LogP contribution in [-0.4, -0.2) is 13.4 Å². The Morgan fingerprint density at radius 3 is 1.15 bits per heavy atom. The van der Waals surface area contributed by atoms with Crippen LogP contribution < -0.4 is 42.6 Å². The Balaban J connectivity index is 1.31. The lowest BCUT2D eigenvalue weighted by molar-refractivity contribution is 1.20. The number of hydrogen-bond acceptors (Lipinski definition) is 2. The van der Waals surface area contributed by atoms with Crippen LogP contribution >= 0.6 is 0 Å². The van der Waals surface area contributed by atoms with Gasteiger partial charge in [-0.3, -0.25) is 0 Å². The molecule has 0 fully saturated rings. The lowest BCUT2D eigenvalue weighted by Crippen LogP contribution is -2.66. The van der Waals surface area contributed by atoms with Crippen molar-refractivity contribution in [1.29, 1.82) is 0 Å². The molecule has 9 aromatic rings. The van der Waals surface area contributed by atoms with Crippen LogP contribution in [0.25, 0.3) is 43.8 Å². The monoisotopic (exact) mass is 764 g/mol. The van der Waals surface area contributed by atoms with E-state index in [0.29, 0.717) is 0 Å². The number of para-hydroxylation sites is 4. The molecule has 13 rings (SSSR count). The molecule has 0 saturated carbocycles. The Morgan fingerprint density at radius 1 is 0.317 bits per heavy atom. The van der Waals surface area contributed by atoms with Crippen LogP contribution in [0.4, 0.5) is 34.1 Å². The van der Waals surface area contributed by atoms with Crippen LogP contribution in [0.1, 0.15) is 33.4 Å². The number of hydrogen-bond donors (Lipinski definition) is 0. The smallest absolute Gasteiger partial charge is 0.248 e. The molecule has 4 aliphatic heterocycles. The Hall–Kier alpha value is -6.77. The van der Waals surface area contributed by atoms with Gasteiger partial charge in [-0.2, -0.15) is 0 Å². The first kappa shape index (κ1) is 34.1. The summed E-state index contributed by atoms with van der Waals surface area (Å²) < 4.78 is 0. The van der Waals surface area contributed by atoms with Crippen molar-refractivity contribution in [1.82, 2.24) is 0 Å². The summed E-state index contributed by atoms with van der Waals surface area (Å²) in [6.07, 6.45) is 0. The minimum absolute atomic E-state index is 0.0632. The molecule has 0 amide bonds. The standard InChI is InChI=1S/C56H42B2N2/c1-31-16-11-17-32(2)47(31)48-37-22-14-26-41-49(37)51-50-38(48)23-15-27-42(50)58-40-25-8-10-29-44(40)60(56-35(5)20-13-21-36(56)6)46-30-45-53(52(51)54(46)58)57(41)39-24-7-9-28-43(39)59(45)55-33(3)18-12-19-34(55)4/h7-30H,1-6H3. The molecule has 4 heteroatoms. The van der Waals surface area contributed by atoms with E-state index >= 15 is 0 Å². The zero-order valence-corrected chi connectivity index (χ0v) is 34.9. The third-order valence-corrected chi connectivity index (χ3v) is 14.6. The summed E-state index contributed by atoms with van der Waals surface area (Å²) in [6.45, 7) is 13.9. The van der Waals surface area contributed by atoms with E-state index in [2.05, 4.69) is 197 Å². The second kappa shape index (κ2) is 11.9. The van der Waals surface area contributed by atoms with E-state index < -0.39 is 0 Å². The van der Waals surface area contributed by atoms with Gasteiger partial charge in [-0.25, -0.2) is 0 Å². The van der Waals surface area contributed by atoms with Crippen molar-refractivity contribution in [2.24, 2.45) is 0 Å². The third-order valence-electron chi connectivity index (χ3n) is 14.6. The SMILES string of the molecule is Cc1cccc(C)c1-c1c2cccc3c2c2c4c(cccc14)B1c4ccccc4N(c4c(C)cccc4C)c4cc5c(c-2c41)B3c1ccccc1N5c1c(C)cccc1C. The van der Waals surface area contributed by atoms with E-state index in [-0.39, 0.29) is 13.4 Å². The van der Waals surface area contributed by atoms with Gasteiger partial charge in [-0.1, -0.05) is 138 Å². The van der Waals surface area contributed by atoms with Gasteiger partial charge in [-0.05, 0) is 159 Å². The Labute approximate surface area is 352 Å². The van der Waals surface area contributed by atoms with Gasteiger partial charge in [0.1, 0.15) is 0 Å². The molecule has 0 N–H and O–H groups in total. The number of nitrogens with zero attached hydrogens (tertiary/aromatic N) is 2. The topological polar surface area (TPSA) is 6.48 Å². The lowest BCUT2D eigenvalue weighted by Gasteiger charge is -2.48. The molecule has 0 aliphatic carbocycles. The van der Waals surface area contributed by atoms with Gasteiger partial charge in [0.05, 0.1) is 11.4 Å². The number of benzene rings is 9. The second-order valence-electron chi connectivity index (χ2n) is 17.8. The highest BCUT2D eigenvalue weighted by Crippen LogP contribution is 2.53. The maximum absolute atomic E-state index is 2.63. The first-order valence-corrected chi connectivity index (χ1v) is 21.5. The normalized spacial score (nSPS) is 13.7. The molecular formula is C56H42B2N2. The minimum Gasteiger partial charge on any atom is -0.311 e. The van der Waals surface area contributed by atoms with Gasteiger partial charge in [0, 0.05) is 22.7 Å². The van der Waals surface area contributed by atoms with Crippen LogP contribution in [0.5, 0.6) is 0 Å². The minimum atomic E-state index is 0.0632. The molecule has 0 spiro atoms. The van der Waals surface area contributed by atoms with Crippen molar-refractivity contribution in [2.75, 3.05) is 9.80 Å². The van der Waals surface area contributed by atoms with Gasteiger partial charge in [0.2, 0.25) is 13.4 Å². The summed E-state index contributed by atoms with van der Waals surface area (Å²) in [5.74, 6) is 0. The molecular weight excluding hydrogens is 722 g/mol. The first-order valence-electron chi connectivity index (χ1n) is 21.5. The van der Waals surface area contributed by atoms with Gasteiger partial charge in [0.15, 0.2) is 0 Å². The third kappa shape index (κ3) is 4.12. The van der Waals surface area contributed by atoms with Gasteiger partial charge in [0.25, 0.3) is 0 Å². The average Bonchev–Trinajstić information content (AvgIpc) is 3.25. The predicted molar refractivity (Wildman–Crippen MR) is 259 cm³/mol. The lowest BCUT2D eigenvalue weighted by atomic mass is 9.26. The Kier molecular flexibility index (Phi) is 6.78. The molecule has 0 atom stereocenters. The maximum atomic E-state index is 2.63. The van der Waals surface area contributed by atoms with Crippen molar-refractivity contribution in [2.45, 2.75) is 41.5 Å². The van der Waals surface area contributed by atoms with Crippen LogP contribution in [0, 0.1) is 41.5 Å². The fraction of sp³-hybridized carbons (Fsp3) is 0.107. The van der Waals surface area contributed by atoms with Crippen molar-refractivity contribution >= 4 is 102 Å². The maximum Gasteiger partial charge on any atom is 0.248 e. The van der Waals surface area contributed by atoms with Crippen molar-refractivity contribution in [3.63, 3.8) is 0 Å². The fourth-order valence-corrected chi connectivity index (χ4v) is 12.4. The van der Waals surface area contributed by atoms with Crippen LogP contribution in [0.2, 0.25) is 0 Å². The summed E-state index contributed by atoms with van der Waals surface area (Å²) in [7, 11) is 0. The summed E-state index contributed by atoms with van der Waals surface area (Å²) >= 11 is 0. The average molecular weight is 765 g/mol. The van der Waals surface area contributed by atoms with E-state index in [1.165, 1.54) is 144 Å². The molecule has 0 bridgehead atoms. The van der Waals surface area contributed by atoms with E-state index in [1.807, 2.05) is 0 Å². The molecule has 282 valence electrons. The molecule has 60 heavy (non-hydrogen) atoms. The van der Waals surface area contributed by atoms with Gasteiger partial charge >= 0.3 is 0 Å². The number of fused-ring (bicyclic) bond motifs is 6. The zero-order valence-electron chi connectivity index (χ0n) is 34.9. The Bertz CT molecular complexity index is 3180. The highest BCUT2D eigenvalue weighted by molar-refractivity contribution is 7.05. The molecule has 0 saturated heterocycles. The number of anilines is 6. The largest absolute Gasteiger partial charge is 0.311 e.